The summed E-state index contributed by atoms with van der Waals surface area (Å²) in [5, 5.41) is 12.3. The molecule has 0 bridgehead atoms. The third kappa shape index (κ3) is 3.69. The summed E-state index contributed by atoms with van der Waals surface area (Å²) in [4.78, 5) is 38.1. The Bertz CT molecular complexity index is 889. The predicted molar refractivity (Wildman–Crippen MR) is 96.4 cm³/mol. The van der Waals surface area contributed by atoms with Gasteiger partial charge in [0.25, 0.3) is 5.95 Å². The minimum absolute atomic E-state index is 0.101. The number of hydrogen-bond acceptors (Lipinski definition) is 5. The van der Waals surface area contributed by atoms with Crippen LogP contribution in [0.25, 0.3) is 0 Å². The number of aryl methyl sites for hydroxylation is 3. The highest BCUT2D eigenvalue weighted by atomic mass is 16.4. The lowest BCUT2D eigenvalue weighted by Crippen LogP contribution is -2.58. The Hall–Kier alpha value is -3.29. The normalized spacial score (nSPS) is 18.7. The molecule has 1 fully saturated rings. The van der Waals surface area contributed by atoms with Crippen LogP contribution < -0.4 is 10.2 Å². The van der Waals surface area contributed by atoms with Gasteiger partial charge in [-0.15, -0.1) is 0 Å². The quantitative estimate of drug-likeness (QED) is 0.872. The molecule has 1 atom stereocenters. The van der Waals surface area contributed by atoms with Gasteiger partial charge in [0.1, 0.15) is 6.04 Å². The van der Waals surface area contributed by atoms with Crippen molar-refractivity contribution in [1.29, 1.82) is 0 Å². The van der Waals surface area contributed by atoms with E-state index >= 15 is 0 Å². The van der Waals surface area contributed by atoms with Crippen LogP contribution in [-0.2, 0) is 9.59 Å². The molecule has 8 heteroatoms. The van der Waals surface area contributed by atoms with E-state index in [4.69, 9.17) is 0 Å². The Morgan fingerprint density at radius 3 is 2.54 bits per heavy atom. The molecule has 8 nitrogen and oxygen atoms in total. The molecule has 0 aliphatic carbocycles. The van der Waals surface area contributed by atoms with Gasteiger partial charge in [0.15, 0.2) is 0 Å². The van der Waals surface area contributed by atoms with Gasteiger partial charge in [0.2, 0.25) is 11.9 Å². The zero-order chi connectivity index (χ0) is 18.8. The summed E-state index contributed by atoms with van der Waals surface area (Å²) in [5.74, 6) is -1.24. The number of carboxylic acids is 1. The molecule has 1 amide bonds. The standard InChI is InChI=1S/C18H19N5O3/c1-10-5-4-6-13(7-10)23-14(16(25)26)9-15(24)21-18(23)22-17-19-11(2)8-12(3)20-17/h4-8,14H,9H2,1-3H3,(H,25,26)(H,19,20,21,22,24)/t14-/m0/s1. The Morgan fingerprint density at radius 2 is 1.92 bits per heavy atom. The molecule has 1 saturated heterocycles. The Balaban J connectivity index is 2.13. The number of aliphatic imine (C=N–C) groups is 1. The average molecular weight is 353 g/mol. The van der Waals surface area contributed by atoms with E-state index in [2.05, 4.69) is 20.3 Å². The molecule has 1 aliphatic heterocycles. The number of anilines is 1. The van der Waals surface area contributed by atoms with Crippen LogP contribution in [0.2, 0.25) is 0 Å². The van der Waals surface area contributed by atoms with Crippen LogP contribution in [0, 0.1) is 20.8 Å². The topological polar surface area (TPSA) is 108 Å². The monoisotopic (exact) mass is 353 g/mol. The Kier molecular flexibility index (Phi) is 4.66. The fourth-order valence-electron chi connectivity index (χ4n) is 2.86. The van der Waals surface area contributed by atoms with Crippen LogP contribution in [0.3, 0.4) is 0 Å². The fraction of sp³-hybridized carbons (Fsp3) is 0.278. The summed E-state index contributed by atoms with van der Waals surface area (Å²) in [7, 11) is 0. The summed E-state index contributed by atoms with van der Waals surface area (Å²) in [6, 6.07) is 8.09. The second-order valence-corrected chi connectivity index (χ2v) is 6.20. The molecule has 0 spiro atoms. The molecule has 0 unspecified atom stereocenters. The van der Waals surface area contributed by atoms with Gasteiger partial charge in [0, 0.05) is 17.1 Å². The van der Waals surface area contributed by atoms with Crippen LogP contribution >= 0.6 is 0 Å². The minimum Gasteiger partial charge on any atom is -0.480 e. The summed E-state index contributed by atoms with van der Waals surface area (Å²) < 4.78 is 0. The highest BCUT2D eigenvalue weighted by molar-refractivity contribution is 6.13. The maximum Gasteiger partial charge on any atom is 0.327 e. The van der Waals surface area contributed by atoms with Gasteiger partial charge >= 0.3 is 5.97 Å². The lowest BCUT2D eigenvalue weighted by molar-refractivity contribution is -0.140. The molecule has 26 heavy (non-hydrogen) atoms. The highest BCUT2D eigenvalue weighted by Gasteiger charge is 2.37. The van der Waals surface area contributed by atoms with E-state index in [0.29, 0.717) is 5.69 Å². The summed E-state index contributed by atoms with van der Waals surface area (Å²) >= 11 is 0. The molecule has 0 saturated carbocycles. The molecule has 0 radical (unpaired) electrons. The van der Waals surface area contributed by atoms with Crippen LogP contribution in [0.1, 0.15) is 23.4 Å². The molecule has 2 N–H and O–H groups in total. The maximum absolute atomic E-state index is 12.0. The van der Waals surface area contributed by atoms with Crippen molar-refractivity contribution in [3.8, 4) is 0 Å². The first-order chi connectivity index (χ1) is 12.3. The number of amides is 1. The van der Waals surface area contributed by atoms with E-state index < -0.39 is 17.9 Å². The lowest BCUT2D eigenvalue weighted by atomic mass is 10.1. The van der Waals surface area contributed by atoms with E-state index in [1.54, 1.807) is 6.07 Å². The molecule has 2 heterocycles. The van der Waals surface area contributed by atoms with E-state index in [0.717, 1.165) is 17.0 Å². The second-order valence-electron chi connectivity index (χ2n) is 6.20. The summed E-state index contributed by atoms with van der Waals surface area (Å²) in [6.45, 7) is 5.54. The van der Waals surface area contributed by atoms with Crippen molar-refractivity contribution in [3.05, 3.63) is 47.3 Å². The zero-order valence-corrected chi connectivity index (χ0v) is 14.7. The van der Waals surface area contributed by atoms with Crippen LogP contribution in [0.4, 0.5) is 11.6 Å². The number of nitrogens with one attached hydrogen (secondary N) is 1. The molecule has 1 aliphatic rings. The van der Waals surface area contributed by atoms with E-state index in [1.807, 2.05) is 45.0 Å². The fourth-order valence-corrected chi connectivity index (χ4v) is 2.86. The summed E-state index contributed by atoms with van der Waals surface area (Å²) in [6.07, 6.45) is -0.171. The highest BCUT2D eigenvalue weighted by Crippen LogP contribution is 2.24. The van der Waals surface area contributed by atoms with Crippen molar-refractivity contribution < 1.29 is 14.7 Å². The molecule has 1 aromatic heterocycles. The second kappa shape index (κ2) is 6.91. The Morgan fingerprint density at radius 1 is 1.23 bits per heavy atom. The number of carbonyl (C=O) groups is 2. The van der Waals surface area contributed by atoms with Crippen molar-refractivity contribution in [3.63, 3.8) is 0 Å². The number of carboxylic acid groups (broad SMARTS) is 1. The van der Waals surface area contributed by atoms with Crippen molar-refractivity contribution >= 4 is 29.5 Å². The minimum atomic E-state index is -1.10. The number of nitrogens with zero attached hydrogens (tertiary/aromatic N) is 4. The van der Waals surface area contributed by atoms with Gasteiger partial charge in [-0.25, -0.2) is 14.8 Å². The summed E-state index contributed by atoms with van der Waals surface area (Å²) in [5.41, 5.74) is 3.05. The van der Waals surface area contributed by atoms with Crippen LogP contribution in [0.15, 0.2) is 35.3 Å². The van der Waals surface area contributed by atoms with Crippen molar-refractivity contribution in [1.82, 2.24) is 15.3 Å². The number of guanidine groups is 1. The number of benzene rings is 1. The smallest absolute Gasteiger partial charge is 0.327 e. The first kappa shape index (κ1) is 17.5. The molecule has 3 rings (SSSR count). The Labute approximate surface area is 150 Å². The molecular formula is C18H19N5O3. The average Bonchev–Trinajstić information content (AvgIpc) is 2.53. The van der Waals surface area contributed by atoms with Crippen molar-refractivity contribution in [2.75, 3.05) is 4.90 Å². The number of rotatable bonds is 3. The van der Waals surface area contributed by atoms with Gasteiger partial charge in [0.05, 0.1) is 6.42 Å². The molecule has 2 aromatic rings. The first-order valence-electron chi connectivity index (χ1n) is 8.13. The predicted octanol–water partition coefficient (Wildman–Crippen LogP) is 1.87. The number of hydrogen-bond donors (Lipinski definition) is 2. The largest absolute Gasteiger partial charge is 0.480 e. The third-order valence-corrected chi connectivity index (χ3v) is 3.91. The SMILES string of the molecule is Cc1cccc(N2C(=Nc3nc(C)cc(C)n3)NC(=O)C[C@H]2C(=O)O)c1. The van der Waals surface area contributed by atoms with Gasteiger partial charge < -0.3 is 5.11 Å². The number of aromatic nitrogens is 2. The first-order valence-corrected chi connectivity index (χ1v) is 8.13. The molecule has 134 valence electrons. The number of aliphatic carboxylic acids is 1. The van der Waals surface area contributed by atoms with E-state index in [9.17, 15) is 14.7 Å². The van der Waals surface area contributed by atoms with Gasteiger partial charge in [-0.05, 0) is 44.5 Å². The van der Waals surface area contributed by atoms with E-state index in [1.165, 1.54) is 4.90 Å². The van der Waals surface area contributed by atoms with Gasteiger partial charge in [-0.2, -0.15) is 4.99 Å². The third-order valence-electron chi connectivity index (χ3n) is 3.91. The van der Waals surface area contributed by atoms with Crippen LogP contribution in [-0.4, -0.2) is 39.0 Å². The lowest BCUT2D eigenvalue weighted by Gasteiger charge is -2.35. The van der Waals surface area contributed by atoms with Crippen molar-refractivity contribution in [2.24, 2.45) is 4.99 Å². The molecule has 1 aromatic carbocycles. The van der Waals surface area contributed by atoms with E-state index in [-0.39, 0.29) is 18.3 Å². The maximum atomic E-state index is 12.0. The zero-order valence-electron chi connectivity index (χ0n) is 14.7. The van der Waals surface area contributed by atoms with Crippen LogP contribution in [0.5, 0.6) is 0 Å². The van der Waals surface area contributed by atoms with Gasteiger partial charge in [-0.3, -0.25) is 15.0 Å². The number of carbonyl (C=O) groups excluding carboxylic acids is 1. The van der Waals surface area contributed by atoms with Crippen molar-refractivity contribution in [2.45, 2.75) is 33.2 Å². The van der Waals surface area contributed by atoms with Gasteiger partial charge in [-0.1, -0.05) is 12.1 Å². The molecular weight excluding hydrogens is 334 g/mol.